The van der Waals surface area contributed by atoms with Gasteiger partial charge in [0.1, 0.15) is 0 Å². The predicted molar refractivity (Wildman–Crippen MR) is 83.4 cm³/mol. The van der Waals surface area contributed by atoms with Gasteiger partial charge in [0.2, 0.25) is 12.7 Å². The molecule has 1 aromatic heterocycles. The summed E-state index contributed by atoms with van der Waals surface area (Å²) in [6, 6.07) is 17.5. The van der Waals surface area contributed by atoms with Crippen molar-refractivity contribution in [1.82, 2.24) is 9.97 Å². The molecule has 1 aliphatic rings. The summed E-state index contributed by atoms with van der Waals surface area (Å²) >= 11 is 0. The van der Waals surface area contributed by atoms with Gasteiger partial charge in [0, 0.05) is 11.1 Å². The number of nitrogen functional groups attached to an aromatic ring is 1. The van der Waals surface area contributed by atoms with Crippen molar-refractivity contribution < 1.29 is 9.47 Å². The molecule has 0 atom stereocenters. The van der Waals surface area contributed by atoms with Crippen LogP contribution in [0.4, 0.5) is 5.95 Å². The third-order valence-corrected chi connectivity index (χ3v) is 3.48. The summed E-state index contributed by atoms with van der Waals surface area (Å²) in [7, 11) is 0. The van der Waals surface area contributed by atoms with E-state index in [-0.39, 0.29) is 12.7 Å². The van der Waals surface area contributed by atoms with Crippen molar-refractivity contribution in [3.63, 3.8) is 0 Å². The third-order valence-electron chi connectivity index (χ3n) is 3.48. The number of hydrogen-bond acceptors (Lipinski definition) is 5. The fourth-order valence-electron chi connectivity index (χ4n) is 2.43. The van der Waals surface area contributed by atoms with E-state index < -0.39 is 0 Å². The summed E-state index contributed by atoms with van der Waals surface area (Å²) in [5.74, 6) is 1.71. The largest absolute Gasteiger partial charge is 0.454 e. The molecule has 2 heterocycles. The summed E-state index contributed by atoms with van der Waals surface area (Å²) < 4.78 is 10.7. The molecule has 0 saturated heterocycles. The molecule has 4 rings (SSSR count). The summed E-state index contributed by atoms with van der Waals surface area (Å²) in [6.45, 7) is 0.250. The van der Waals surface area contributed by atoms with Crippen LogP contribution in [0.2, 0.25) is 0 Å². The lowest BCUT2D eigenvalue weighted by atomic mass is 10.1. The number of nitrogens with zero attached hydrogens (tertiary/aromatic N) is 2. The molecule has 0 radical (unpaired) electrons. The summed E-state index contributed by atoms with van der Waals surface area (Å²) in [5.41, 5.74) is 9.33. The van der Waals surface area contributed by atoms with Crippen molar-refractivity contribution >= 4 is 5.95 Å². The zero-order chi connectivity index (χ0) is 14.9. The van der Waals surface area contributed by atoms with Gasteiger partial charge < -0.3 is 15.2 Å². The average Bonchev–Trinajstić information content (AvgIpc) is 3.02. The molecular formula is C17H13N3O2. The van der Waals surface area contributed by atoms with E-state index in [0.717, 1.165) is 34.0 Å². The van der Waals surface area contributed by atoms with E-state index in [2.05, 4.69) is 9.97 Å². The number of aromatic nitrogens is 2. The van der Waals surface area contributed by atoms with Crippen molar-refractivity contribution in [3.8, 4) is 34.0 Å². The summed E-state index contributed by atoms with van der Waals surface area (Å²) in [4.78, 5) is 8.64. The number of anilines is 1. The summed E-state index contributed by atoms with van der Waals surface area (Å²) in [6.07, 6.45) is 0. The zero-order valence-corrected chi connectivity index (χ0v) is 11.7. The van der Waals surface area contributed by atoms with Gasteiger partial charge in [-0.25, -0.2) is 9.97 Å². The molecule has 2 N–H and O–H groups in total. The van der Waals surface area contributed by atoms with Crippen LogP contribution in [-0.4, -0.2) is 16.8 Å². The zero-order valence-electron chi connectivity index (χ0n) is 11.7. The van der Waals surface area contributed by atoms with Crippen molar-refractivity contribution in [2.75, 3.05) is 12.5 Å². The van der Waals surface area contributed by atoms with E-state index in [1.165, 1.54) is 0 Å². The Morgan fingerprint density at radius 3 is 2.32 bits per heavy atom. The highest BCUT2D eigenvalue weighted by atomic mass is 16.7. The SMILES string of the molecule is Nc1nc(-c2ccccc2)cc(-c2ccc3c(c2)OCO3)n1. The first kappa shape index (κ1) is 12.6. The number of rotatable bonds is 2. The molecule has 0 unspecified atom stereocenters. The van der Waals surface area contributed by atoms with E-state index in [1.54, 1.807) is 0 Å². The maximum atomic E-state index is 5.87. The number of nitrogens with two attached hydrogens (primary N) is 1. The maximum Gasteiger partial charge on any atom is 0.231 e. The lowest BCUT2D eigenvalue weighted by Crippen LogP contribution is -1.98. The smallest absolute Gasteiger partial charge is 0.231 e. The number of hydrogen-bond donors (Lipinski definition) is 1. The van der Waals surface area contributed by atoms with Crippen LogP contribution in [0.5, 0.6) is 11.5 Å². The second-order valence-electron chi connectivity index (χ2n) is 4.93. The predicted octanol–water partition coefficient (Wildman–Crippen LogP) is 3.12. The maximum absolute atomic E-state index is 5.87. The molecule has 0 saturated carbocycles. The Bertz CT molecular complexity index is 835. The van der Waals surface area contributed by atoms with E-state index in [9.17, 15) is 0 Å². The normalized spacial score (nSPS) is 12.4. The first-order valence-corrected chi connectivity index (χ1v) is 6.89. The van der Waals surface area contributed by atoms with Crippen LogP contribution in [0.3, 0.4) is 0 Å². The van der Waals surface area contributed by atoms with Gasteiger partial charge in [-0.2, -0.15) is 0 Å². The second kappa shape index (κ2) is 5.04. The van der Waals surface area contributed by atoms with Crippen LogP contribution in [0.25, 0.3) is 22.5 Å². The molecule has 1 aliphatic heterocycles. The highest BCUT2D eigenvalue weighted by Gasteiger charge is 2.15. The first-order chi connectivity index (χ1) is 10.8. The molecule has 5 nitrogen and oxygen atoms in total. The average molecular weight is 291 g/mol. The highest BCUT2D eigenvalue weighted by Crippen LogP contribution is 2.36. The number of benzene rings is 2. The monoisotopic (exact) mass is 291 g/mol. The molecule has 0 bridgehead atoms. The molecule has 0 fully saturated rings. The van der Waals surface area contributed by atoms with Crippen LogP contribution < -0.4 is 15.2 Å². The fourth-order valence-corrected chi connectivity index (χ4v) is 2.43. The van der Waals surface area contributed by atoms with Crippen LogP contribution in [0.1, 0.15) is 0 Å². The van der Waals surface area contributed by atoms with E-state index in [0.29, 0.717) is 0 Å². The van der Waals surface area contributed by atoms with E-state index in [4.69, 9.17) is 15.2 Å². The Morgan fingerprint density at radius 2 is 1.50 bits per heavy atom. The van der Waals surface area contributed by atoms with Crippen LogP contribution in [0.15, 0.2) is 54.6 Å². The van der Waals surface area contributed by atoms with Crippen molar-refractivity contribution in [2.45, 2.75) is 0 Å². The van der Waals surface area contributed by atoms with Gasteiger partial charge in [0.25, 0.3) is 0 Å². The number of fused-ring (bicyclic) bond motifs is 1. The number of ether oxygens (including phenoxy) is 2. The van der Waals surface area contributed by atoms with Gasteiger partial charge >= 0.3 is 0 Å². The molecule has 0 amide bonds. The molecule has 22 heavy (non-hydrogen) atoms. The Kier molecular flexibility index (Phi) is 2.89. The lowest BCUT2D eigenvalue weighted by Gasteiger charge is -2.07. The Labute approximate surface area is 127 Å². The van der Waals surface area contributed by atoms with E-state index in [1.807, 2.05) is 54.6 Å². The topological polar surface area (TPSA) is 70.3 Å². The Hall–Kier alpha value is -3.08. The Balaban J connectivity index is 1.81. The first-order valence-electron chi connectivity index (χ1n) is 6.89. The van der Waals surface area contributed by atoms with Crippen molar-refractivity contribution in [2.24, 2.45) is 0 Å². The molecule has 0 aliphatic carbocycles. The van der Waals surface area contributed by atoms with Crippen LogP contribution in [-0.2, 0) is 0 Å². The van der Waals surface area contributed by atoms with Crippen LogP contribution >= 0.6 is 0 Å². The molecule has 3 aromatic rings. The summed E-state index contributed by atoms with van der Waals surface area (Å²) in [5, 5.41) is 0. The standard InChI is InChI=1S/C17H13N3O2/c18-17-19-13(11-4-2-1-3-5-11)9-14(20-17)12-6-7-15-16(8-12)22-10-21-15/h1-9H,10H2,(H2,18,19,20). The minimum absolute atomic E-state index is 0.244. The van der Waals surface area contributed by atoms with Gasteiger partial charge in [-0.05, 0) is 24.3 Å². The quantitative estimate of drug-likeness (QED) is 0.785. The van der Waals surface area contributed by atoms with Gasteiger partial charge in [-0.3, -0.25) is 0 Å². The van der Waals surface area contributed by atoms with Gasteiger partial charge in [-0.15, -0.1) is 0 Å². The van der Waals surface area contributed by atoms with Gasteiger partial charge in [0.15, 0.2) is 11.5 Å². The van der Waals surface area contributed by atoms with Crippen molar-refractivity contribution in [3.05, 3.63) is 54.6 Å². The molecule has 0 spiro atoms. The molecule has 5 heteroatoms. The lowest BCUT2D eigenvalue weighted by molar-refractivity contribution is 0.174. The van der Waals surface area contributed by atoms with Crippen molar-refractivity contribution in [1.29, 1.82) is 0 Å². The highest BCUT2D eigenvalue weighted by molar-refractivity contribution is 5.71. The minimum Gasteiger partial charge on any atom is -0.454 e. The van der Waals surface area contributed by atoms with Gasteiger partial charge in [0.05, 0.1) is 11.4 Å². The van der Waals surface area contributed by atoms with Crippen LogP contribution in [0, 0.1) is 0 Å². The molecule has 2 aromatic carbocycles. The fraction of sp³-hybridized carbons (Fsp3) is 0.0588. The molecule has 108 valence electrons. The van der Waals surface area contributed by atoms with Gasteiger partial charge in [-0.1, -0.05) is 30.3 Å². The minimum atomic E-state index is 0.244. The Morgan fingerprint density at radius 1 is 0.773 bits per heavy atom. The second-order valence-corrected chi connectivity index (χ2v) is 4.93. The molecular weight excluding hydrogens is 278 g/mol. The third kappa shape index (κ3) is 2.22. The van der Waals surface area contributed by atoms with E-state index >= 15 is 0 Å².